The van der Waals surface area contributed by atoms with Gasteiger partial charge in [0.15, 0.2) is 0 Å². The molecule has 1 fully saturated rings. The first kappa shape index (κ1) is 11.9. The van der Waals surface area contributed by atoms with E-state index in [1.807, 2.05) is 18.0 Å². The zero-order valence-electron chi connectivity index (χ0n) is 10.9. The molecule has 0 spiro atoms. The van der Waals surface area contributed by atoms with Crippen molar-refractivity contribution in [3.63, 3.8) is 0 Å². The number of H-pyrrole nitrogens is 1. The van der Waals surface area contributed by atoms with Gasteiger partial charge in [0.1, 0.15) is 0 Å². The maximum atomic E-state index is 4.06. The van der Waals surface area contributed by atoms with Gasteiger partial charge >= 0.3 is 0 Å². The van der Waals surface area contributed by atoms with Crippen LogP contribution in [0.15, 0.2) is 24.4 Å². The van der Waals surface area contributed by atoms with Crippen molar-refractivity contribution in [2.45, 2.75) is 26.3 Å². The van der Waals surface area contributed by atoms with Crippen molar-refractivity contribution in [2.75, 3.05) is 16.8 Å². The van der Waals surface area contributed by atoms with Crippen LogP contribution >= 0.6 is 11.8 Å². The number of rotatable bonds is 2. The smallest absolute Gasteiger partial charge is 0.0670 e. The van der Waals surface area contributed by atoms with Crippen LogP contribution in [0, 0.1) is 5.41 Å². The van der Waals surface area contributed by atoms with E-state index in [9.17, 15) is 0 Å². The first-order chi connectivity index (χ1) is 8.65. The fourth-order valence-electron chi connectivity index (χ4n) is 2.40. The number of nitrogens with one attached hydrogen (secondary N) is 2. The normalized spacial score (nSPS) is 23.1. The van der Waals surface area contributed by atoms with Crippen molar-refractivity contribution in [3.8, 4) is 0 Å². The standard InChI is InChI=1S/C14H19N3S/c1-14(2)5-6-18-9-13(14)16-11-4-3-10-8-15-17-12(10)7-11/h3-4,7-8,13,16H,5-6,9H2,1-2H3,(H,15,17). The Balaban J connectivity index is 1.82. The number of hydrogen-bond acceptors (Lipinski definition) is 3. The predicted molar refractivity (Wildman–Crippen MR) is 79.2 cm³/mol. The van der Waals surface area contributed by atoms with E-state index < -0.39 is 0 Å². The highest BCUT2D eigenvalue weighted by atomic mass is 32.2. The molecular weight excluding hydrogens is 242 g/mol. The number of aromatic amines is 1. The van der Waals surface area contributed by atoms with E-state index in [0.717, 1.165) is 10.9 Å². The van der Waals surface area contributed by atoms with Crippen LogP contribution in [-0.4, -0.2) is 27.7 Å². The maximum Gasteiger partial charge on any atom is 0.0670 e. The fourth-order valence-corrected chi connectivity index (χ4v) is 4.01. The monoisotopic (exact) mass is 261 g/mol. The summed E-state index contributed by atoms with van der Waals surface area (Å²) in [4.78, 5) is 0. The van der Waals surface area contributed by atoms with Crippen LogP contribution in [0.2, 0.25) is 0 Å². The second-order valence-corrected chi connectivity index (χ2v) is 6.83. The SMILES string of the molecule is CC1(C)CCSCC1Nc1ccc2cn[nH]c2c1. The summed E-state index contributed by atoms with van der Waals surface area (Å²) >= 11 is 2.05. The van der Waals surface area contributed by atoms with Gasteiger partial charge < -0.3 is 5.32 Å². The lowest BCUT2D eigenvalue weighted by Gasteiger charge is -2.39. The quantitative estimate of drug-likeness (QED) is 0.869. The maximum absolute atomic E-state index is 4.06. The molecule has 2 heterocycles. The lowest BCUT2D eigenvalue weighted by molar-refractivity contribution is 0.305. The van der Waals surface area contributed by atoms with Gasteiger partial charge in [0, 0.05) is 22.9 Å². The average Bonchev–Trinajstić information content (AvgIpc) is 2.79. The van der Waals surface area contributed by atoms with Gasteiger partial charge in [-0.1, -0.05) is 13.8 Å². The molecule has 2 aromatic rings. The van der Waals surface area contributed by atoms with Gasteiger partial charge in [-0.2, -0.15) is 16.9 Å². The molecular formula is C14H19N3S. The Labute approximate surface area is 112 Å². The zero-order chi connectivity index (χ0) is 12.6. The van der Waals surface area contributed by atoms with Gasteiger partial charge in [0.25, 0.3) is 0 Å². The van der Waals surface area contributed by atoms with Gasteiger partial charge in [-0.15, -0.1) is 0 Å². The summed E-state index contributed by atoms with van der Waals surface area (Å²) in [5.74, 6) is 2.47. The molecule has 2 N–H and O–H groups in total. The topological polar surface area (TPSA) is 40.7 Å². The zero-order valence-corrected chi connectivity index (χ0v) is 11.7. The lowest BCUT2D eigenvalue weighted by Crippen LogP contribution is -2.41. The Hall–Kier alpha value is -1.16. The van der Waals surface area contributed by atoms with Gasteiger partial charge in [0.05, 0.1) is 11.7 Å². The molecule has 1 unspecified atom stereocenters. The number of aromatic nitrogens is 2. The van der Waals surface area contributed by atoms with E-state index in [1.54, 1.807) is 0 Å². The van der Waals surface area contributed by atoms with Crippen molar-refractivity contribution in [1.82, 2.24) is 10.2 Å². The van der Waals surface area contributed by atoms with E-state index in [1.165, 1.54) is 23.6 Å². The second-order valence-electron chi connectivity index (χ2n) is 5.68. The first-order valence-corrected chi connectivity index (χ1v) is 7.58. The van der Waals surface area contributed by atoms with Crippen LogP contribution in [0.4, 0.5) is 5.69 Å². The Morgan fingerprint density at radius 3 is 3.17 bits per heavy atom. The minimum atomic E-state index is 0.369. The Kier molecular flexibility index (Phi) is 2.98. The molecule has 1 aliphatic rings. The number of nitrogens with zero attached hydrogens (tertiary/aromatic N) is 1. The molecule has 3 rings (SSSR count). The highest BCUT2D eigenvalue weighted by Crippen LogP contribution is 2.36. The Bertz CT molecular complexity index is 547. The third-order valence-electron chi connectivity index (χ3n) is 3.90. The molecule has 18 heavy (non-hydrogen) atoms. The van der Waals surface area contributed by atoms with Gasteiger partial charge in [-0.3, -0.25) is 5.10 Å². The molecule has 1 aliphatic heterocycles. The van der Waals surface area contributed by atoms with Crippen molar-refractivity contribution in [3.05, 3.63) is 24.4 Å². The summed E-state index contributed by atoms with van der Waals surface area (Å²) in [6, 6.07) is 6.95. The number of fused-ring (bicyclic) bond motifs is 1. The van der Waals surface area contributed by atoms with Crippen LogP contribution in [0.25, 0.3) is 10.9 Å². The van der Waals surface area contributed by atoms with E-state index in [-0.39, 0.29) is 0 Å². The summed E-state index contributed by atoms with van der Waals surface area (Å²) in [7, 11) is 0. The number of benzene rings is 1. The summed E-state index contributed by atoms with van der Waals surface area (Å²) in [6.07, 6.45) is 3.14. The predicted octanol–water partition coefficient (Wildman–Crippen LogP) is 3.51. The Morgan fingerprint density at radius 2 is 2.33 bits per heavy atom. The van der Waals surface area contributed by atoms with Crippen LogP contribution in [0.5, 0.6) is 0 Å². The minimum absolute atomic E-state index is 0.369. The van der Waals surface area contributed by atoms with Crippen LogP contribution in [0.1, 0.15) is 20.3 Å². The molecule has 0 radical (unpaired) electrons. The summed E-state index contributed by atoms with van der Waals surface area (Å²) < 4.78 is 0. The summed E-state index contributed by atoms with van der Waals surface area (Å²) in [6.45, 7) is 4.72. The number of thioether (sulfide) groups is 1. The molecule has 1 aromatic carbocycles. The van der Waals surface area contributed by atoms with Crippen LogP contribution < -0.4 is 5.32 Å². The van der Waals surface area contributed by atoms with Crippen molar-refractivity contribution < 1.29 is 0 Å². The van der Waals surface area contributed by atoms with E-state index in [4.69, 9.17) is 0 Å². The number of hydrogen-bond donors (Lipinski definition) is 2. The van der Waals surface area contributed by atoms with Gasteiger partial charge in [-0.05, 0) is 35.8 Å². The molecule has 0 amide bonds. The Morgan fingerprint density at radius 1 is 1.44 bits per heavy atom. The minimum Gasteiger partial charge on any atom is -0.381 e. The third kappa shape index (κ3) is 2.21. The van der Waals surface area contributed by atoms with Crippen molar-refractivity contribution in [1.29, 1.82) is 0 Å². The number of anilines is 1. The molecule has 1 aromatic heterocycles. The molecule has 0 bridgehead atoms. The molecule has 3 nitrogen and oxygen atoms in total. The lowest BCUT2D eigenvalue weighted by atomic mass is 9.82. The molecule has 0 aliphatic carbocycles. The van der Waals surface area contributed by atoms with E-state index >= 15 is 0 Å². The second kappa shape index (κ2) is 4.50. The molecule has 4 heteroatoms. The van der Waals surface area contributed by atoms with E-state index in [0.29, 0.717) is 11.5 Å². The molecule has 0 saturated carbocycles. The largest absolute Gasteiger partial charge is 0.381 e. The fraction of sp³-hybridized carbons (Fsp3) is 0.500. The average molecular weight is 261 g/mol. The third-order valence-corrected chi connectivity index (χ3v) is 4.96. The molecule has 1 saturated heterocycles. The summed E-state index contributed by atoms with van der Waals surface area (Å²) in [5, 5.41) is 11.9. The molecule has 96 valence electrons. The molecule has 1 atom stereocenters. The van der Waals surface area contributed by atoms with Gasteiger partial charge in [-0.25, -0.2) is 0 Å². The van der Waals surface area contributed by atoms with Crippen LogP contribution in [0.3, 0.4) is 0 Å². The van der Waals surface area contributed by atoms with Crippen molar-refractivity contribution >= 4 is 28.4 Å². The van der Waals surface area contributed by atoms with Crippen molar-refractivity contribution in [2.24, 2.45) is 5.41 Å². The first-order valence-electron chi connectivity index (χ1n) is 6.43. The van der Waals surface area contributed by atoms with E-state index in [2.05, 4.69) is 47.6 Å². The highest BCUT2D eigenvalue weighted by Gasteiger charge is 2.32. The summed E-state index contributed by atoms with van der Waals surface area (Å²) in [5.41, 5.74) is 2.65. The van der Waals surface area contributed by atoms with Crippen LogP contribution in [-0.2, 0) is 0 Å². The highest BCUT2D eigenvalue weighted by molar-refractivity contribution is 7.99. The van der Waals surface area contributed by atoms with Gasteiger partial charge in [0.2, 0.25) is 0 Å².